The quantitative estimate of drug-likeness (QED) is 0.820. The molecule has 2 rings (SSSR count). The SMILES string of the molecule is CC.CC.Cc1ccc(S(=O)(=O)N2CCCCC2)cc1. The molecule has 0 unspecified atom stereocenters. The van der Waals surface area contributed by atoms with Crippen LogP contribution in [0.2, 0.25) is 0 Å². The van der Waals surface area contributed by atoms with E-state index in [2.05, 4.69) is 0 Å². The summed E-state index contributed by atoms with van der Waals surface area (Å²) in [5.41, 5.74) is 1.08. The molecule has 0 radical (unpaired) electrons. The molecule has 1 heterocycles. The average molecular weight is 299 g/mol. The van der Waals surface area contributed by atoms with Gasteiger partial charge in [0.15, 0.2) is 0 Å². The van der Waals surface area contributed by atoms with Crippen molar-refractivity contribution in [2.75, 3.05) is 13.1 Å². The topological polar surface area (TPSA) is 37.4 Å². The molecule has 1 aliphatic heterocycles. The van der Waals surface area contributed by atoms with E-state index in [4.69, 9.17) is 0 Å². The molecule has 0 aliphatic carbocycles. The maximum absolute atomic E-state index is 12.2. The van der Waals surface area contributed by atoms with Crippen molar-refractivity contribution in [1.82, 2.24) is 4.31 Å². The first-order chi connectivity index (χ1) is 9.60. The summed E-state index contributed by atoms with van der Waals surface area (Å²) < 4.78 is 26.0. The summed E-state index contributed by atoms with van der Waals surface area (Å²) >= 11 is 0. The van der Waals surface area contributed by atoms with Crippen LogP contribution in [0.3, 0.4) is 0 Å². The second kappa shape index (κ2) is 9.94. The third-order valence-corrected chi connectivity index (χ3v) is 4.89. The molecular formula is C16H29NO2S. The van der Waals surface area contributed by atoms with E-state index in [1.807, 2.05) is 46.8 Å². The Balaban J connectivity index is 0.000000829. The Morgan fingerprint density at radius 2 is 1.30 bits per heavy atom. The van der Waals surface area contributed by atoms with Gasteiger partial charge in [-0.3, -0.25) is 0 Å². The van der Waals surface area contributed by atoms with Gasteiger partial charge in [0.1, 0.15) is 0 Å². The predicted molar refractivity (Wildman–Crippen MR) is 86.5 cm³/mol. The highest BCUT2D eigenvalue weighted by molar-refractivity contribution is 7.89. The van der Waals surface area contributed by atoms with Gasteiger partial charge < -0.3 is 0 Å². The molecule has 0 N–H and O–H groups in total. The first kappa shape index (κ1) is 19.1. The maximum Gasteiger partial charge on any atom is 0.243 e. The minimum Gasteiger partial charge on any atom is -0.207 e. The molecule has 1 fully saturated rings. The smallest absolute Gasteiger partial charge is 0.207 e. The highest BCUT2D eigenvalue weighted by atomic mass is 32.2. The van der Waals surface area contributed by atoms with Gasteiger partial charge >= 0.3 is 0 Å². The Morgan fingerprint density at radius 3 is 1.75 bits per heavy atom. The van der Waals surface area contributed by atoms with Crippen molar-refractivity contribution in [3.05, 3.63) is 29.8 Å². The van der Waals surface area contributed by atoms with Gasteiger partial charge in [0, 0.05) is 13.1 Å². The van der Waals surface area contributed by atoms with E-state index >= 15 is 0 Å². The second-order valence-electron chi connectivity index (χ2n) is 4.28. The van der Waals surface area contributed by atoms with Crippen LogP contribution < -0.4 is 0 Å². The maximum atomic E-state index is 12.2. The number of hydrogen-bond acceptors (Lipinski definition) is 2. The lowest BCUT2D eigenvalue weighted by molar-refractivity contribution is 0.346. The number of benzene rings is 1. The molecule has 4 heteroatoms. The monoisotopic (exact) mass is 299 g/mol. The van der Waals surface area contributed by atoms with E-state index in [1.165, 1.54) is 0 Å². The lowest BCUT2D eigenvalue weighted by Gasteiger charge is -2.25. The van der Waals surface area contributed by atoms with Gasteiger partial charge in [0.2, 0.25) is 10.0 Å². The van der Waals surface area contributed by atoms with Crippen LogP contribution in [0.4, 0.5) is 0 Å². The molecule has 0 bridgehead atoms. The summed E-state index contributed by atoms with van der Waals surface area (Å²) in [5, 5.41) is 0. The summed E-state index contributed by atoms with van der Waals surface area (Å²) in [6.07, 6.45) is 3.09. The van der Waals surface area contributed by atoms with E-state index in [-0.39, 0.29) is 0 Å². The number of sulfonamides is 1. The van der Waals surface area contributed by atoms with Crippen LogP contribution in [0.1, 0.15) is 52.5 Å². The highest BCUT2D eigenvalue weighted by Crippen LogP contribution is 2.20. The summed E-state index contributed by atoms with van der Waals surface area (Å²) in [6.45, 7) is 11.3. The van der Waals surface area contributed by atoms with Crippen LogP contribution >= 0.6 is 0 Å². The molecule has 0 aromatic heterocycles. The summed E-state index contributed by atoms with van der Waals surface area (Å²) in [7, 11) is -3.25. The highest BCUT2D eigenvalue weighted by Gasteiger charge is 2.25. The molecular weight excluding hydrogens is 270 g/mol. The third kappa shape index (κ3) is 5.25. The fraction of sp³-hybridized carbons (Fsp3) is 0.625. The minimum atomic E-state index is -3.25. The van der Waals surface area contributed by atoms with Gasteiger partial charge in [-0.2, -0.15) is 4.31 Å². The van der Waals surface area contributed by atoms with Gasteiger partial charge in [0.05, 0.1) is 4.90 Å². The average Bonchev–Trinajstić information content (AvgIpc) is 2.52. The number of piperidine rings is 1. The number of aryl methyl sites for hydroxylation is 1. The third-order valence-electron chi connectivity index (χ3n) is 2.97. The predicted octanol–water partition coefficient (Wildman–Crippen LogP) is 4.22. The van der Waals surface area contributed by atoms with Crippen molar-refractivity contribution in [2.24, 2.45) is 0 Å². The Hall–Kier alpha value is -0.870. The van der Waals surface area contributed by atoms with Crippen LogP contribution in [-0.4, -0.2) is 25.8 Å². The van der Waals surface area contributed by atoms with Crippen molar-refractivity contribution in [1.29, 1.82) is 0 Å². The molecule has 3 nitrogen and oxygen atoms in total. The van der Waals surface area contributed by atoms with Gasteiger partial charge in [-0.1, -0.05) is 51.8 Å². The molecule has 0 spiro atoms. The fourth-order valence-corrected chi connectivity index (χ4v) is 3.48. The normalized spacial score (nSPS) is 15.4. The van der Waals surface area contributed by atoms with Crippen molar-refractivity contribution in [3.63, 3.8) is 0 Å². The van der Waals surface area contributed by atoms with Gasteiger partial charge in [-0.25, -0.2) is 8.42 Å². The van der Waals surface area contributed by atoms with E-state index in [0.29, 0.717) is 18.0 Å². The molecule has 116 valence electrons. The van der Waals surface area contributed by atoms with E-state index in [1.54, 1.807) is 16.4 Å². The van der Waals surface area contributed by atoms with Crippen LogP contribution in [0.5, 0.6) is 0 Å². The first-order valence-corrected chi connectivity index (χ1v) is 9.11. The Kier molecular flexibility index (Phi) is 9.51. The molecule has 1 aliphatic rings. The van der Waals surface area contributed by atoms with Gasteiger partial charge in [-0.05, 0) is 31.9 Å². The zero-order chi connectivity index (χ0) is 15.6. The molecule has 0 atom stereocenters. The first-order valence-electron chi connectivity index (χ1n) is 7.67. The Bertz CT molecular complexity index is 446. The van der Waals surface area contributed by atoms with Crippen LogP contribution in [0.25, 0.3) is 0 Å². The summed E-state index contributed by atoms with van der Waals surface area (Å²) in [4.78, 5) is 0.417. The zero-order valence-corrected chi connectivity index (χ0v) is 14.3. The number of nitrogens with zero attached hydrogens (tertiary/aromatic N) is 1. The lowest BCUT2D eigenvalue weighted by atomic mass is 10.2. The molecule has 1 aromatic carbocycles. The summed E-state index contributed by atoms with van der Waals surface area (Å²) in [6, 6.07) is 7.08. The molecule has 1 saturated heterocycles. The van der Waals surface area contributed by atoms with E-state index < -0.39 is 10.0 Å². The largest absolute Gasteiger partial charge is 0.243 e. The van der Waals surface area contributed by atoms with Crippen molar-refractivity contribution in [2.45, 2.75) is 58.8 Å². The Morgan fingerprint density at radius 1 is 0.850 bits per heavy atom. The standard InChI is InChI=1S/C12H17NO2S.2C2H6/c1-11-5-7-12(8-6-11)16(14,15)13-9-3-2-4-10-13;2*1-2/h5-8H,2-4,9-10H2,1H3;2*1-2H3. The summed E-state index contributed by atoms with van der Waals surface area (Å²) in [5.74, 6) is 0. The van der Waals surface area contributed by atoms with Crippen molar-refractivity contribution < 1.29 is 8.42 Å². The van der Waals surface area contributed by atoms with Gasteiger partial charge in [-0.15, -0.1) is 0 Å². The Labute approximate surface area is 125 Å². The van der Waals surface area contributed by atoms with Crippen LogP contribution in [0, 0.1) is 6.92 Å². The van der Waals surface area contributed by atoms with Gasteiger partial charge in [0.25, 0.3) is 0 Å². The lowest BCUT2D eigenvalue weighted by Crippen LogP contribution is -2.35. The van der Waals surface area contributed by atoms with Crippen molar-refractivity contribution >= 4 is 10.0 Å². The molecule has 20 heavy (non-hydrogen) atoms. The van der Waals surface area contributed by atoms with E-state index in [9.17, 15) is 8.42 Å². The number of rotatable bonds is 2. The molecule has 1 aromatic rings. The van der Waals surface area contributed by atoms with Crippen molar-refractivity contribution in [3.8, 4) is 0 Å². The zero-order valence-electron chi connectivity index (χ0n) is 13.5. The van der Waals surface area contributed by atoms with E-state index in [0.717, 1.165) is 24.8 Å². The van der Waals surface area contributed by atoms with Crippen LogP contribution in [0.15, 0.2) is 29.2 Å². The molecule has 0 saturated carbocycles. The van der Waals surface area contributed by atoms with Crippen LogP contribution in [-0.2, 0) is 10.0 Å². The minimum absolute atomic E-state index is 0.417. The number of hydrogen-bond donors (Lipinski definition) is 0. The molecule has 0 amide bonds. The second-order valence-corrected chi connectivity index (χ2v) is 6.22. The fourth-order valence-electron chi connectivity index (χ4n) is 1.96.